The first kappa shape index (κ1) is 16.5. The van der Waals surface area contributed by atoms with Crippen molar-refractivity contribution in [2.75, 3.05) is 18.8 Å². The fourth-order valence-corrected chi connectivity index (χ4v) is 3.41. The molecule has 1 fully saturated rings. The molecular weight excluding hydrogens is 331 g/mol. The van der Waals surface area contributed by atoms with E-state index in [1.165, 1.54) is 28.8 Å². The van der Waals surface area contributed by atoms with Gasteiger partial charge in [0.2, 0.25) is 5.91 Å². The smallest absolute Gasteiger partial charge is 0.282 e. The number of hydrogen-bond acceptors (Lipinski definition) is 4. The van der Waals surface area contributed by atoms with Crippen LogP contribution in [0, 0.1) is 5.82 Å². The summed E-state index contributed by atoms with van der Waals surface area (Å²) in [5.74, 6) is 0.602. The first-order valence-electron chi connectivity index (χ1n) is 7.48. The number of aryl methyl sites for hydroxylation is 1. The van der Waals surface area contributed by atoms with Crippen LogP contribution in [0.2, 0.25) is 0 Å². The lowest BCUT2D eigenvalue weighted by Gasteiger charge is -2.21. The second-order valence-corrected chi connectivity index (χ2v) is 6.53. The van der Waals surface area contributed by atoms with Gasteiger partial charge in [0.05, 0.1) is 0 Å². The summed E-state index contributed by atoms with van der Waals surface area (Å²) < 4.78 is 15.4. The minimum atomic E-state index is -0.585. The zero-order valence-electron chi connectivity index (χ0n) is 13.1. The van der Waals surface area contributed by atoms with Crippen molar-refractivity contribution in [1.82, 2.24) is 19.8 Å². The van der Waals surface area contributed by atoms with E-state index in [1.54, 1.807) is 36.1 Å². The van der Waals surface area contributed by atoms with Crippen LogP contribution < -0.4 is 5.32 Å². The Hall–Kier alpha value is -2.35. The van der Waals surface area contributed by atoms with E-state index in [4.69, 9.17) is 0 Å². The normalized spacial score (nSPS) is 15.6. The van der Waals surface area contributed by atoms with E-state index in [2.05, 4.69) is 10.3 Å². The van der Waals surface area contributed by atoms with Gasteiger partial charge in [0, 0.05) is 31.7 Å². The number of carbonyl (C=O) groups excluding carboxylic acids is 2. The third-order valence-electron chi connectivity index (χ3n) is 3.78. The number of halogens is 1. The molecule has 0 saturated carbocycles. The molecule has 6 nitrogen and oxygen atoms in total. The van der Waals surface area contributed by atoms with Gasteiger partial charge in [-0.2, -0.15) is 0 Å². The second-order valence-electron chi connectivity index (χ2n) is 5.49. The maximum atomic E-state index is 13.6. The first-order valence-corrected chi connectivity index (χ1v) is 8.47. The van der Waals surface area contributed by atoms with Gasteiger partial charge in [0.1, 0.15) is 24.2 Å². The van der Waals surface area contributed by atoms with E-state index in [0.29, 0.717) is 23.7 Å². The van der Waals surface area contributed by atoms with Gasteiger partial charge >= 0.3 is 0 Å². The first-order chi connectivity index (χ1) is 11.5. The van der Waals surface area contributed by atoms with Gasteiger partial charge in [-0.05, 0) is 17.7 Å². The molecule has 1 N–H and O–H groups in total. The number of thioether (sulfide) groups is 1. The molecule has 1 atom stereocenters. The summed E-state index contributed by atoms with van der Waals surface area (Å²) >= 11 is 1.21. The monoisotopic (exact) mass is 348 g/mol. The number of hydrogen-bond donors (Lipinski definition) is 1. The van der Waals surface area contributed by atoms with Crippen molar-refractivity contribution < 1.29 is 14.0 Å². The molecule has 1 aliphatic rings. The molecule has 24 heavy (non-hydrogen) atoms. The van der Waals surface area contributed by atoms with Crippen molar-refractivity contribution in [3.05, 3.63) is 53.9 Å². The number of nitrogens with one attached hydrogen (secondary N) is 1. The fourth-order valence-electron chi connectivity index (χ4n) is 2.59. The fraction of sp³-hybridized carbons (Fsp3) is 0.312. The highest BCUT2D eigenvalue weighted by Gasteiger charge is 2.26. The molecular formula is C16H17FN4O2S. The maximum absolute atomic E-state index is 13.6. The molecule has 126 valence electrons. The van der Waals surface area contributed by atoms with E-state index in [1.807, 2.05) is 0 Å². The van der Waals surface area contributed by atoms with Crippen LogP contribution in [0.5, 0.6) is 0 Å². The average Bonchev–Trinajstić information content (AvgIpc) is 3.14. The van der Waals surface area contributed by atoms with E-state index in [9.17, 15) is 14.0 Å². The van der Waals surface area contributed by atoms with Crippen LogP contribution in [0.1, 0.15) is 17.4 Å². The maximum Gasteiger partial charge on any atom is 0.282 e. The van der Waals surface area contributed by atoms with Crippen molar-refractivity contribution in [2.24, 2.45) is 7.05 Å². The van der Waals surface area contributed by atoms with Crippen molar-refractivity contribution in [3.8, 4) is 0 Å². The van der Waals surface area contributed by atoms with Gasteiger partial charge in [-0.3, -0.25) is 9.59 Å². The minimum absolute atomic E-state index is 0.0118. The Morgan fingerprint density at radius 3 is 2.96 bits per heavy atom. The molecule has 2 heterocycles. The molecule has 0 unspecified atom stereocenters. The van der Waals surface area contributed by atoms with Crippen LogP contribution in [-0.2, 0) is 11.8 Å². The summed E-state index contributed by atoms with van der Waals surface area (Å²) in [5, 5.41) is 2.77. The van der Waals surface area contributed by atoms with Crippen LogP contribution in [0.3, 0.4) is 0 Å². The number of nitrogens with zero attached hydrogens (tertiary/aromatic N) is 3. The van der Waals surface area contributed by atoms with Gasteiger partial charge in [-0.15, -0.1) is 0 Å². The van der Waals surface area contributed by atoms with Crippen molar-refractivity contribution >= 4 is 22.9 Å². The molecule has 1 aromatic carbocycles. The van der Waals surface area contributed by atoms with Gasteiger partial charge in [0.25, 0.3) is 5.24 Å². The largest absolute Gasteiger partial charge is 0.341 e. The van der Waals surface area contributed by atoms with E-state index >= 15 is 0 Å². The Bertz CT molecular complexity index is 764. The quantitative estimate of drug-likeness (QED) is 0.897. The van der Waals surface area contributed by atoms with Crippen molar-refractivity contribution in [2.45, 2.75) is 6.04 Å². The van der Waals surface area contributed by atoms with Crippen molar-refractivity contribution in [1.29, 1.82) is 0 Å². The number of rotatable bonds is 5. The molecule has 1 saturated heterocycles. The zero-order valence-corrected chi connectivity index (χ0v) is 13.9. The lowest BCUT2D eigenvalue weighted by atomic mass is 10.1. The Kier molecular flexibility index (Phi) is 4.84. The summed E-state index contributed by atoms with van der Waals surface area (Å²) in [6.07, 6.45) is 3.38. The SMILES string of the molecule is Cn1ccnc1[C@H](NC(=O)CN1CCSC1=O)c1cccc(F)c1. The molecule has 1 aliphatic heterocycles. The Balaban J connectivity index is 1.81. The summed E-state index contributed by atoms with van der Waals surface area (Å²) in [6, 6.07) is 5.46. The average molecular weight is 348 g/mol. The van der Waals surface area contributed by atoms with Gasteiger partial charge in [-0.25, -0.2) is 9.37 Å². The number of benzene rings is 1. The lowest BCUT2D eigenvalue weighted by Crippen LogP contribution is -2.40. The zero-order chi connectivity index (χ0) is 17.1. The molecule has 1 aromatic heterocycles. The number of aromatic nitrogens is 2. The standard InChI is InChI=1S/C16H17FN4O2S/c1-20-6-5-18-15(20)14(11-3-2-4-12(17)9-11)19-13(22)10-21-7-8-24-16(21)23/h2-6,9,14H,7-8,10H2,1H3,(H,19,22)/t14-/m1/s1. The Morgan fingerprint density at radius 2 is 2.33 bits per heavy atom. The van der Waals surface area contributed by atoms with Crippen molar-refractivity contribution in [3.63, 3.8) is 0 Å². The second kappa shape index (κ2) is 7.04. The van der Waals surface area contributed by atoms with Crippen LogP contribution in [0.25, 0.3) is 0 Å². The van der Waals surface area contributed by atoms with Gasteiger partial charge < -0.3 is 14.8 Å². The summed E-state index contributed by atoms with van der Waals surface area (Å²) in [7, 11) is 1.81. The highest BCUT2D eigenvalue weighted by Crippen LogP contribution is 2.22. The Morgan fingerprint density at radius 1 is 1.50 bits per heavy atom. The van der Waals surface area contributed by atoms with E-state index in [-0.39, 0.29) is 23.5 Å². The molecule has 0 bridgehead atoms. The molecule has 3 rings (SSSR count). The molecule has 2 amide bonds. The van der Waals surface area contributed by atoms with Crippen LogP contribution in [0.4, 0.5) is 9.18 Å². The number of carbonyl (C=O) groups is 2. The van der Waals surface area contributed by atoms with E-state index < -0.39 is 6.04 Å². The molecule has 2 aromatic rings. The third-order valence-corrected chi connectivity index (χ3v) is 4.68. The predicted octanol–water partition coefficient (Wildman–Crippen LogP) is 1.93. The molecule has 0 radical (unpaired) electrons. The predicted molar refractivity (Wildman–Crippen MR) is 89.0 cm³/mol. The topological polar surface area (TPSA) is 67.2 Å². The van der Waals surface area contributed by atoms with Crippen LogP contribution >= 0.6 is 11.8 Å². The van der Waals surface area contributed by atoms with Gasteiger partial charge in [-0.1, -0.05) is 23.9 Å². The summed E-state index contributed by atoms with van der Waals surface area (Å²) in [4.78, 5) is 29.8. The number of imidazole rings is 1. The minimum Gasteiger partial charge on any atom is -0.341 e. The number of amides is 2. The van der Waals surface area contributed by atoms with E-state index in [0.717, 1.165) is 0 Å². The summed E-state index contributed by atoms with van der Waals surface area (Å²) in [6.45, 7) is 0.548. The Labute approximate surface area is 143 Å². The highest BCUT2D eigenvalue weighted by molar-refractivity contribution is 8.13. The molecule has 0 spiro atoms. The third kappa shape index (κ3) is 3.59. The van der Waals surface area contributed by atoms with Gasteiger partial charge in [0.15, 0.2) is 0 Å². The lowest BCUT2D eigenvalue weighted by molar-refractivity contribution is -0.122. The molecule has 0 aliphatic carbocycles. The highest BCUT2D eigenvalue weighted by atomic mass is 32.2. The molecule has 8 heteroatoms. The van der Waals surface area contributed by atoms with Crippen LogP contribution in [-0.4, -0.2) is 44.4 Å². The summed E-state index contributed by atoms with van der Waals surface area (Å²) in [5.41, 5.74) is 0.597. The van der Waals surface area contributed by atoms with Crippen LogP contribution in [0.15, 0.2) is 36.7 Å².